The fraction of sp³-hybridized carbons (Fsp3) is 0.238. The lowest BCUT2D eigenvalue weighted by molar-refractivity contribution is 0.0699. The highest BCUT2D eigenvalue weighted by atomic mass is 19.1. The maximum Gasteiger partial charge on any atom is 0.338 e. The van der Waals surface area contributed by atoms with E-state index in [0.29, 0.717) is 22.3 Å². The molecule has 2 heterocycles. The van der Waals surface area contributed by atoms with E-state index in [0.717, 1.165) is 37.9 Å². The quantitative estimate of drug-likeness (QED) is 0.742. The highest BCUT2D eigenvalue weighted by molar-refractivity contribution is 6.10. The fourth-order valence-electron chi connectivity index (χ4n) is 3.66. The van der Waals surface area contributed by atoms with Gasteiger partial charge in [-0.05, 0) is 37.5 Å². The van der Waals surface area contributed by atoms with Gasteiger partial charge in [-0.3, -0.25) is 0 Å². The third-order valence-electron chi connectivity index (χ3n) is 4.85. The summed E-state index contributed by atoms with van der Waals surface area (Å²) < 4.78 is 13.8. The topological polar surface area (TPSA) is 53.4 Å². The number of pyridine rings is 1. The van der Waals surface area contributed by atoms with Crippen molar-refractivity contribution in [2.75, 3.05) is 18.0 Å². The van der Waals surface area contributed by atoms with E-state index >= 15 is 0 Å². The molecule has 0 radical (unpaired) electrons. The van der Waals surface area contributed by atoms with Crippen LogP contribution in [0.15, 0.2) is 48.5 Å². The Hall–Kier alpha value is -2.95. The van der Waals surface area contributed by atoms with Crippen LogP contribution in [0.3, 0.4) is 0 Å². The zero-order valence-electron chi connectivity index (χ0n) is 14.3. The summed E-state index contributed by atoms with van der Waals surface area (Å²) in [6.45, 7) is 1.56. The first kappa shape index (κ1) is 16.5. The van der Waals surface area contributed by atoms with Crippen molar-refractivity contribution in [1.29, 1.82) is 0 Å². The van der Waals surface area contributed by atoms with Crippen LogP contribution in [0.4, 0.5) is 10.1 Å². The lowest BCUT2D eigenvalue weighted by Gasteiger charge is -2.32. The Morgan fingerprint density at radius 3 is 2.46 bits per heavy atom. The summed E-state index contributed by atoms with van der Waals surface area (Å²) in [5, 5.41) is 10.3. The number of aromatic carboxylic acids is 1. The van der Waals surface area contributed by atoms with Crippen LogP contribution in [-0.2, 0) is 0 Å². The van der Waals surface area contributed by atoms with E-state index in [1.54, 1.807) is 6.07 Å². The fourth-order valence-corrected chi connectivity index (χ4v) is 3.66. The van der Waals surface area contributed by atoms with Gasteiger partial charge in [-0.1, -0.05) is 30.3 Å². The summed E-state index contributed by atoms with van der Waals surface area (Å²) in [4.78, 5) is 19.0. The highest BCUT2D eigenvalue weighted by Crippen LogP contribution is 2.38. The number of anilines is 1. The molecule has 132 valence electrons. The summed E-state index contributed by atoms with van der Waals surface area (Å²) in [6.07, 6.45) is 3.15. The Bertz CT molecular complexity index is 967. The molecule has 0 aliphatic carbocycles. The number of carbonyl (C=O) groups is 1. The zero-order chi connectivity index (χ0) is 18.1. The molecule has 4 nitrogen and oxygen atoms in total. The Morgan fingerprint density at radius 1 is 1.04 bits per heavy atom. The van der Waals surface area contributed by atoms with E-state index in [2.05, 4.69) is 4.90 Å². The smallest absolute Gasteiger partial charge is 0.338 e. The van der Waals surface area contributed by atoms with Gasteiger partial charge in [0.2, 0.25) is 0 Å². The van der Waals surface area contributed by atoms with E-state index in [4.69, 9.17) is 4.98 Å². The normalized spacial score (nSPS) is 14.6. The number of hydrogen-bond acceptors (Lipinski definition) is 3. The molecule has 0 saturated carbocycles. The lowest BCUT2D eigenvalue weighted by Crippen LogP contribution is -2.31. The summed E-state index contributed by atoms with van der Waals surface area (Å²) in [7, 11) is 0. The molecule has 2 aromatic carbocycles. The molecule has 0 spiro atoms. The monoisotopic (exact) mass is 350 g/mol. The molecule has 5 heteroatoms. The molecule has 4 rings (SSSR count). The van der Waals surface area contributed by atoms with Crippen molar-refractivity contribution in [1.82, 2.24) is 4.98 Å². The first-order chi connectivity index (χ1) is 12.6. The Balaban J connectivity index is 2.07. The number of benzene rings is 2. The van der Waals surface area contributed by atoms with Gasteiger partial charge in [-0.2, -0.15) is 0 Å². The van der Waals surface area contributed by atoms with E-state index in [-0.39, 0.29) is 5.56 Å². The number of piperidine rings is 1. The Morgan fingerprint density at radius 2 is 1.77 bits per heavy atom. The van der Waals surface area contributed by atoms with Gasteiger partial charge < -0.3 is 10.0 Å². The van der Waals surface area contributed by atoms with Crippen LogP contribution in [-0.4, -0.2) is 29.1 Å². The Kier molecular flexibility index (Phi) is 4.29. The van der Waals surface area contributed by atoms with E-state index < -0.39 is 11.8 Å². The van der Waals surface area contributed by atoms with Gasteiger partial charge in [-0.15, -0.1) is 0 Å². The minimum atomic E-state index is -1.05. The number of rotatable bonds is 3. The second-order valence-electron chi connectivity index (χ2n) is 6.56. The van der Waals surface area contributed by atoms with Crippen molar-refractivity contribution in [2.24, 2.45) is 0 Å². The molecule has 1 aromatic heterocycles. The number of hydrogen-bond donors (Lipinski definition) is 1. The predicted molar refractivity (Wildman–Crippen MR) is 100 cm³/mol. The van der Waals surface area contributed by atoms with Gasteiger partial charge in [0.1, 0.15) is 5.82 Å². The molecule has 1 aliphatic heterocycles. The van der Waals surface area contributed by atoms with Gasteiger partial charge >= 0.3 is 5.97 Å². The summed E-state index contributed by atoms with van der Waals surface area (Å²) in [5.41, 5.74) is 2.73. The van der Waals surface area contributed by atoms with Crippen LogP contribution in [0.5, 0.6) is 0 Å². The van der Waals surface area contributed by atoms with Crippen LogP contribution < -0.4 is 4.90 Å². The van der Waals surface area contributed by atoms with E-state index in [1.807, 2.05) is 30.3 Å². The van der Waals surface area contributed by atoms with Gasteiger partial charge in [0.05, 0.1) is 22.5 Å². The predicted octanol–water partition coefficient (Wildman–Crippen LogP) is 4.73. The molecule has 0 bridgehead atoms. The van der Waals surface area contributed by atoms with Gasteiger partial charge in [0.25, 0.3) is 0 Å². The molecule has 0 unspecified atom stereocenters. The van der Waals surface area contributed by atoms with Crippen LogP contribution in [0.2, 0.25) is 0 Å². The zero-order valence-corrected chi connectivity index (χ0v) is 14.3. The SMILES string of the molecule is O=C(O)c1c(N2CCCCC2)c(-c2ccccc2)nc2ccc(F)cc12. The second-order valence-corrected chi connectivity index (χ2v) is 6.56. The number of fused-ring (bicyclic) bond motifs is 1. The molecular weight excluding hydrogens is 331 g/mol. The van der Waals surface area contributed by atoms with Gasteiger partial charge in [0.15, 0.2) is 0 Å². The average molecular weight is 350 g/mol. The molecule has 1 N–H and O–H groups in total. The molecular formula is C21H19FN2O2. The van der Waals surface area contributed by atoms with Gasteiger partial charge in [-0.25, -0.2) is 14.2 Å². The first-order valence-corrected chi connectivity index (χ1v) is 8.82. The summed E-state index contributed by atoms with van der Waals surface area (Å²) in [5.74, 6) is -1.51. The third-order valence-corrected chi connectivity index (χ3v) is 4.85. The average Bonchev–Trinajstić information content (AvgIpc) is 2.67. The standard InChI is InChI=1S/C21H19FN2O2/c22-15-9-10-17-16(13-15)18(21(25)26)20(24-11-5-2-6-12-24)19(23-17)14-7-3-1-4-8-14/h1,3-4,7-10,13H,2,5-6,11-12H2,(H,25,26). The minimum Gasteiger partial charge on any atom is -0.478 e. The number of carboxylic acid groups (broad SMARTS) is 1. The van der Waals surface area contributed by atoms with E-state index in [1.165, 1.54) is 12.1 Å². The number of nitrogens with zero attached hydrogens (tertiary/aromatic N) is 2. The number of halogens is 1. The minimum absolute atomic E-state index is 0.134. The van der Waals surface area contributed by atoms with Gasteiger partial charge in [0, 0.05) is 24.0 Å². The molecule has 26 heavy (non-hydrogen) atoms. The van der Waals surface area contributed by atoms with E-state index in [9.17, 15) is 14.3 Å². The van der Waals surface area contributed by atoms with Crippen LogP contribution >= 0.6 is 0 Å². The molecule has 0 amide bonds. The van der Waals surface area contributed by atoms with Crippen molar-refractivity contribution in [3.8, 4) is 11.3 Å². The Labute approximate surface area is 150 Å². The van der Waals surface area contributed by atoms with Crippen molar-refractivity contribution >= 4 is 22.6 Å². The highest BCUT2D eigenvalue weighted by Gasteiger charge is 2.26. The maximum atomic E-state index is 13.8. The molecule has 1 fully saturated rings. The van der Waals surface area contributed by atoms with Crippen molar-refractivity contribution in [3.63, 3.8) is 0 Å². The van der Waals surface area contributed by atoms with Crippen LogP contribution in [0.25, 0.3) is 22.2 Å². The summed E-state index contributed by atoms with van der Waals surface area (Å²) in [6, 6.07) is 13.7. The molecule has 1 aliphatic rings. The second kappa shape index (κ2) is 6.75. The molecule has 1 saturated heterocycles. The largest absolute Gasteiger partial charge is 0.478 e. The molecule has 3 aromatic rings. The summed E-state index contributed by atoms with van der Waals surface area (Å²) >= 11 is 0. The molecule has 0 atom stereocenters. The lowest BCUT2D eigenvalue weighted by atomic mass is 9.98. The third kappa shape index (κ3) is 2.90. The maximum absolute atomic E-state index is 13.8. The number of carboxylic acids is 1. The van der Waals surface area contributed by atoms with Crippen LogP contribution in [0.1, 0.15) is 29.6 Å². The van der Waals surface area contributed by atoms with Crippen molar-refractivity contribution in [2.45, 2.75) is 19.3 Å². The number of aromatic nitrogens is 1. The van der Waals surface area contributed by atoms with Crippen molar-refractivity contribution in [3.05, 3.63) is 59.9 Å². The first-order valence-electron chi connectivity index (χ1n) is 8.82. The van der Waals surface area contributed by atoms with Crippen molar-refractivity contribution < 1.29 is 14.3 Å². The van der Waals surface area contributed by atoms with Crippen LogP contribution in [0, 0.1) is 5.82 Å².